The Morgan fingerprint density at radius 1 is 1.29 bits per heavy atom. The molecule has 0 aliphatic carbocycles. The van der Waals surface area contributed by atoms with Gasteiger partial charge in [0.25, 0.3) is 0 Å². The van der Waals surface area contributed by atoms with Crippen molar-refractivity contribution >= 4 is 11.6 Å². The third kappa shape index (κ3) is 2.49. The van der Waals surface area contributed by atoms with Crippen LogP contribution in [0.3, 0.4) is 0 Å². The van der Waals surface area contributed by atoms with E-state index in [1.165, 1.54) is 11.1 Å². The molecule has 0 amide bonds. The maximum atomic E-state index is 4.31. The fraction of sp³-hybridized carbons (Fsp3) is 0.357. The molecule has 0 unspecified atom stereocenters. The lowest BCUT2D eigenvalue weighted by atomic mass is 10.1. The van der Waals surface area contributed by atoms with Crippen molar-refractivity contribution in [2.45, 2.75) is 33.7 Å². The molecule has 17 heavy (non-hydrogen) atoms. The highest BCUT2D eigenvalue weighted by molar-refractivity contribution is 5.56. The lowest BCUT2D eigenvalue weighted by molar-refractivity contribution is 0.772. The van der Waals surface area contributed by atoms with Crippen LogP contribution in [0.15, 0.2) is 30.6 Å². The summed E-state index contributed by atoms with van der Waals surface area (Å²) in [6.45, 7) is 7.36. The summed E-state index contributed by atoms with van der Waals surface area (Å²) in [5.74, 6) is 0.899. The van der Waals surface area contributed by atoms with E-state index in [4.69, 9.17) is 0 Å². The van der Waals surface area contributed by atoms with E-state index in [9.17, 15) is 0 Å². The van der Waals surface area contributed by atoms with Crippen molar-refractivity contribution in [1.82, 2.24) is 9.55 Å². The Bertz CT molecular complexity index is 500. The van der Waals surface area contributed by atoms with E-state index in [0.29, 0.717) is 0 Å². The summed E-state index contributed by atoms with van der Waals surface area (Å²) < 4.78 is 2.09. The van der Waals surface area contributed by atoms with Crippen LogP contribution in [0.25, 0.3) is 0 Å². The molecule has 0 bridgehead atoms. The fourth-order valence-corrected chi connectivity index (χ4v) is 1.99. The highest BCUT2D eigenvalue weighted by atomic mass is 15.2. The molecule has 0 saturated heterocycles. The Morgan fingerprint density at radius 3 is 2.76 bits per heavy atom. The average molecular weight is 229 g/mol. The van der Waals surface area contributed by atoms with Gasteiger partial charge in [-0.05, 0) is 43.5 Å². The zero-order valence-electron chi connectivity index (χ0n) is 10.7. The molecule has 0 atom stereocenters. The van der Waals surface area contributed by atoms with Crippen LogP contribution in [0, 0.1) is 6.92 Å². The average Bonchev–Trinajstić information content (AvgIpc) is 2.76. The number of anilines is 2. The normalized spacial score (nSPS) is 10.5. The summed E-state index contributed by atoms with van der Waals surface area (Å²) in [6.07, 6.45) is 4.88. The van der Waals surface area contributed by atoms with Gasteiger partial charge in [0.05, 0.1) is 0 Å². The van der Waals surface area contributed by atoms with Crippen molar-refractivity contribution in [3.63, 3.8) is 0 Å². The summed E-state index contributed by atoms with van der Waals surface area (Å²) in [5, 5.41) is 3.35. The first-order valence-corrected chi connectivity index (χ1v) is 6.12. The van der Waals surface area contributed by atoms with Gasteiger partial charge in [-0.15, -0.1) is 0 Å². The molecular weight excluding hydrogens is 210 g/mol. The van der Waals surface area contributed by atoms with Gasteiger partial charge in [0.1, 0.15) is 0 Å². The van der Waals surface area contributed by atoms with Crippen LogP contribution in [0.5, 0.6) is 0 Å². The van der Waals surface area contributed by atoms with Gasteiger partial charge < -0.3 is 9.88 Å². The van der Waals surface area contributed by atoms with Gasteiger partial charge in [-0.2, -0.15) is 0 Å². The largest absolute Gasteiger partial charge is 0.326 e. The van der Waals surface area contributed by atoms with Crippen molar-refractivity contribution in [3.8, 4) is 0 Å². The molecule has 90 valence electrons. The topological polar surface area (TPSA) is 29.9 Å². The number of aromatic nitrogens is 2. The fourth-order valence-electron chi connectivity index (χ4n) is 1.99. The molecule has 1 aromatic carbocycles. The summed E-state index contributed by atoms with van der Waals surface area (Å²) in [5.41, 5.74) is 3.82. The van der Waals surface area contributed by atoms with Crippen molar-refractivity contribution < 1.29 is 0 Å². The van der Waals surface area contributed by atoms with Crippen molar-refractivity contribution in [2.24, 2.45) is 0 Å². The zero-order valence-corrected chi connectivity index (χ0v) is 10.7. The van der Waals surface area contributed by atoms with Gasteiger partial charge in [-0.1, -0.05) is 13.0 Å². The number of nitrogens with zero attached hydrogens (tertiary/aromatic N) is 2. The SMILES string of the molecule is CCc1ccc(Nc2nccn2CC)cc1C. The molecule has 0 aliphatic heterocycles. The Balaban J connectivity index is 2.22. The molecule has 2 aromatic rings. The van der Waals surface area contributed by atoms with E-state index >= 15 is 0 Å². The molecule has 3 heteroatoms. The molecule has 1 N–H and O–H groups in total. The van der Waals surface area contributed by atoms with Gasteiger partial charge >= 0.3 is 0 Å². The Hall–Kier alpha value is -1.77. The minimum atomic E-state index is 0.899. The number of hydrogen-bond acceptors (Lipinski definition) is 2. The molecular formula is C14H19N3. The molecule has 0 saturated carbocycles. The summed E-state index contributed by atoms with van der Waals surface area (Å²) in [6, 6.07) is 6.46. The van der Waals surface area contributed by atoms with E-state index < -0.39 is 0 Å². The van der Waals surface area contributed by atoms with Crippen molar-refractivity contribution in [3.05, 3.63) is 41.7 Å². The van der Waals surface area contributed by atoms with Crippen molar-refractivity contribution in [2.75, 3.05) is 5.32 Å². The number of hydrogen-bond donors (Lipinski definition) is 1. The van der Waals surface area contributed by atoms with E-state index in [1.807, 2.05) is 12.4 Å². The quantitative estimate of drug-likeness (QED) is 0.869. The van der Waals surface area contributed by atoms with Gasteiger partial charge in [-0.3, -0.25) is 0 Å². The summed E-state index contributed by atoms with van der Waals surface area (Å²) in [4.78, 5) is 4.31. The maximum Gasteiger partial charge on any atom is 0.207 e. The van der Waals surface area contributed by atoms with E-state index in [0.717, 1.165) is 24.6 Å². The third-order valence-electron chi connectivity index (χ3n) is 3.04. The smallest absolute Gasteiger partial charge is 0.207 e. The lowest BCUT2D eigenvalue weighted by Gasteiger charge is -2.10. The van der Waals surface area contributed by atoms with E-state index in [2.05, 4.69) is 53.8 Å². The van der Waals surface area contributed by atoms with Crippen LogP contribution in [0.2, 0.25) is 0 Å². The Morgan fingerprint density at radius 2 is 2.12 bits per heavy atom. The molecule has 0 aliphatic rings. The van der Waals surface area contributed by atoms with Crippen LogP contribution in [0.4, 0.5) is 11.6 Å². The second kappa shape index (κ2) is 5.04. The first-order chi connectivity index (χ1) is 8.24. The Kier molecular flexibility index (Phi) is 3.47. The highest BCUT2D eigenvalue weighted by Gasteiger charge is 2.03. The molecule has 1 heterocycles. The minimum Gasteiger partial charge on any atom is -0.326 e. The first kappa shape index (κ1) is 11.7. The maximum absolute atomic E-state index is 4.31. The number of aryl methyl sites for hydroxylation is 3. The zero-order chi connectivity index (χ0) is 12.3. The summed E-state index contributed by atoms with van der Waals surface area (Å²) >= 11 is 0. The van der Waals surface area contributed by atoms with Gasteiger partial charge in [-0.25, -0.2) is 4.98 Å². The summed E-state index contributed by atoms with van der Waals surface area (Å²) in [7, 11) is 0. The van der Waals surface area contributed by atoms with Crippen molar-refractivity contribution in [1.29, 1.82) is 0 Å². The van der Waals surface area contributed by atoms with Crippen LogP contribution in [-0.2, 0) is 13.0 Å². The number of imidazole rings is 1. The molecule has 3 nitrogen and oxygen atoms in total. The molecule has 0 radical (unpaired) electrons. The van der Waals surface area contributed by atoms with Gasteiger partial charge in [0.15, 0.2) is 0 Å². The second-order valence-corrected chi connectivity index (χ2v) is 4.16. The van der Waals surface area contributed by atoms with Crippen LogP contribution < -0.4 is 5.32 Å². The van der Waals surface area contributed by atoms with Crippen LogP contribution >= 0.6 is 0 Å². The lowest BCUT2D eigenvalue weighted by Crippen LogP contribution is -2.01. The molecule has 2 rings (SSSR count). The number of rotatable bonds is 4. The van der Waals surface area contributed by atoms with Gasteiger partial charge in [0.2, 0.25) is 5.95 Å². The molecule has 1 aromatic heterocycles. The predicted octanol–water partition coefficient (Wildman–Crippen LogP) is 3.52. The first-order valence-electron chi connectivity index (χ1n) is 6.12. The monoisotopic (exact) mass is 229 g/mol. The third-order valence-corrected chi connectivity index (χ3v) is 3.04. The number of nitrogens with one attached hydrogen (secondary N) is 1. The van der Waals surface area contributed by atoms with Gasteiger partial charge in [0, 0.05) is 24.6 Å². The molecule has 0 spiro atoms. The number of benzene rings is 1. The van der Waals surface area contributed by atoms with Crippen LogP contribution in [-0.4, -0.2) is 9.55 Å². The van der Waals surface area contributed by atoms with Crippen LogP contribution in [0.1, 0.15) is 25.0 Å². The molecule has 0 fully saturated rings. The minimum absolute atomic E-state index is 0.899. The Labute approximate surface area is 103 Å². The predicted molar refractivity (Wildman–Crippen MR) is 71.7 cm³/mol. The highest BCUT2D eigenvalue weighted by Crippen LogP contribution is 2.19. The standard InChI is InChI=1S/C14H19N3/c1-4-12-6-7-13(10-11(12)3)16-14-15-8-9-17(14)5-2/h6-10H,4-5H2,1-3H3,(H,15,16). The van der Waals surface area contributed by atoms with E-state index in [1.54, 1.807) is 0 Å². The second-order valence-electron chi connectivity index (χ2n) is 4.16. The van der Waals surface area contributed by atoms with E-state index in [-0.39, 0.29) is 0 Å².